The number of fused-ring (bicyclic) bond motifs is 1. The lowest BCUT2D eigenvalue weighted by atomic mass is 10.1. The lowest BCUT2D eigenvalue weighted by Crippen LogP contribution is -2.34. The molecule has 1 heterocycles. The number of halogens is 1. The summed E-state index contributed by atoms with van der Waals surface area (Å²) in [6, 6.07) is 7.04. The van der Waals surface area contributed by atoms with Gasteiger partial charge in [0.05, 0.1) is 32.5 Å². The number of esters is 1. The van der Waals surface area contributed by atoms with Crippen molar-refractivity contribution in [2.24, 2.45) is 0 Å². The van der Waals surface area contributed by atoms with E-state index < -0.39 is 58.3 Å². The third kappa shape index (κ3) is 4.83. The number of nitrogens with one attached hydrogen (secondary N) is 1. The fraction of sp³-hybridized carbons (Fsp3) is 0.200. The molecule has 2 aromatic rings. The second-order valence-electron chi connectivity index (χ2n) is 7.01. The molecule has 176 valence electrons. The number of anilines is 1. The van der Waals surface area contributed by atoms with Crippen LogP contribution in [0.5, 0.6) is 0 Å². The Kier molecular flexibility index (Phi) is 6.86. The Labute approximate surface area is 195 Å². The van der Waals surface area contributed by atoms with Gasteiger partial charge in [0.25, 0.3) is 29.1 Å². The maximum atomic E-state index is 12.5. The number of nitrogens with zero attached hydrogens (tertiary/aromatic N) is 3. The molecule has 3 amide bonds. The lowest BCUT2D eigenvalue weighted by molar-refractivity contribution is -0.385. The molecule has 0 bridgehead atoms. The molecule has 1 atom stereocenters. The van der Waals surface area contributed by atoms with Crippen molar-refractivity contribution in [2.45, 2.75) is 19.4 Å². The standard InChI is InChI=1S/C20H15ClN4O9/c1-10(18(27)22-14-9-11(24(30)31)5-6-13(14)21)34-16(26)7-8-23-19(28)12-3-2-4-15(25(32)33)17(12)20(23)29/h2-6,9-10H,7-8H2,1H3,(H,22,27). The number of non-ortho nitro benzene ring substituents is 1. The highest BCUT2D eigenvalue weighted by Crippen LogP contribution is 2.31. The van der Waals surface area contributed by atoms with Crippen LogP contribution in [0.25, 0.3) is 0 Å². The predicted octanol–water partition coefficient (Wildman–Crippen LogP) is 2.71. The van der Waals surface area contributed by atoms with Crippen LogP contribution in [0, 0.1) is 20.2 Å². The number of carbonyl (C=O) groups excluding carboxylic acids is 4. The molecular formula is C20H15ClN4O9. The van der Waals surface area contributed by atoms with E-state index in [9.17, 15) is 39.4 Å². The minimum atomic E-state index is -1.34. The Balaban J connectivity index is 1.60. The van der Waals surface area contributed by atoms with Crippen molar-refractivity contribution >= 4 is 52.4 Å². The smallest absolute Gasteiger partial charge is 0.308 e. The zero-order chi connectivity index (χ0) is 25.2. The number of imide groups is 1. The zero-order valence-electron chi connectivity index (χ0n) is 17.3. The van der Waals surface area contributed by atoms with Gasteiger partial charge >= 0.3 is 5.97 Å². The van der Waals surface area contributed by atoms with Crippen molar-refractivity contribution in [1.82, 2.24) is 4.90 Å². The molecule has 0 saturated carbocycles. The van der Waals surface area contributed by atoms with Gasteiger partial charge in [0.15, 0.2) is 6.10 Å². The fourth-order valence-corrected chi connectivity index (χ4v) is 3.31. The van der Waals surface area contributed by atoms with E-state index in [4.69, 9.17) is 16.3 Å². The third-order valence-corrected chi connectivity index (χ3v) is 5.14. The SMILES string of the molecule is CC(OC(=O)CCN1C(=O)c2cccc([N+](=O)[O-])c2C1=O)C(=O)Nc1cc([N+](=O)[O-])ccc1Cl. The van der Waals surface area contributed by atoms with Gasteiger partial charge in [0.2, 0.25) is 0 Å². The van der Waals surface area contributed by atoms with Crippen molar-refractivity contribution in [3.63, 3.8) is 0 Å². The second-order valence-corrected chi connectivity index (χ2v) is 7.42. The average Bonchev–Trinajstić information content (AvgIpc) is 3.03. The molecule has 0 aliphatic carbocycles. The van der Waals surface area contributed by atoms with Gasteiger partial charge in [0.1, 0.15) is 5.56 Å². The van der Waals surface area contributed by atoms with Crippen molar-refractivity contribution in [2.75, 3.05) is 11.9 Å². The molecule has 0 fully saturated rings. The van der Waals surface area contributed by atoms with Crippen LogP contribution in [0.4, 0.5) is 17.1 Å². The molecule has 13 nitrogen and oxygen atoms in total. The molecule has 1 unspecified atom stereocenters. The molecule has 3 rings (SSSR count). The van der Waals surface area contributed by atoms with Gasteiger partial charge in [-0.05, 0) is 19.1 Å². The van der Waals surface area contributed by atoms with Crippen LogP contribution in [-0.4, -0.2) is 51.1 Å². The molecule has 0 saturated heterocycles. The molecule has 0 radical (unpaired) electrons. The largest absolute Gasteiger partial charge is 0.452 e. The van der Waals surface area contributed by atoms with Gasteiger partial charge in [-0.1, -0.05) is 17.7 Å². The summed E-state index contributed by atoms with van der Waals surface area (Å²) in [5.41, 5.74) is -1.39. The van der Waals surface area contributed by atoms with E-state index in [-0.39, 0.29) is 27.5 Å². The molecule has 14 heteroatoms. The Morgan fingerprint density at radius 2 is 1.82 bits per heavy atom. The number of benzene rings is 2. The summed E-state index contributed by atoms with van der Waals surface area (Å²) in [6.07, 6.45) is -1.82. The summed E-state index contributed by atoms with van der Waals surface area (Å²) in [5, 5.41) is 24.4. The van der Waals surface area contributed by atoms with E-state index in [1.165, 1.54) is 25.1 Å². The van der Waals surface area contributed by atoms with E-state index >= 15 is 0 Å². The number of hydrogen-bond acceptors (Lipinski definition) is 9. The minimum absolute atomic E-state index is 0.0252. The Morgan fingerprint density at radius 3 is 2.47 bits per heavy atom. The highest BCUT2D eigenvalue weighted by atomic mass is 35.5. The summed E-state index contributed by atoms with van der Waals surface area (Å²) in [5.74, 6) is -3.46. The van der Waals surface area contributed by atoms with E-state index in [0.717, 1.165) is 18.2 Å². The number of hydrogen-bond donors (Lipinski definition) is 1. The topological polar surface area (TPSA) is 179 Å². The van der Waals surface area contributed by atoms with Gasteiger partial charge in [-0.15, -0.1) is 0 Å². The van der Waals surface area contributed by atoms with Crippen molar-refractivity contribution in [1.29, 1.82) is 0 Å². The van der Waals surface area contributed by atoms with Crippen LogP contribution < -0.4 is 5.32 Å². The van der Waals surface area contributed by atoms with Crippen LogP contribution in [0.1, 0.15) is 34.1 Å². The Bertz CT molecular complexity index is 1250. The van der Waals surface area contributed by atoms with E-state index in [1.807, 2.05) is 0 Å². The molecule has 0 aromatic heterocycles. The minimum Gasteiger partial charge on any atom is -0.452 e. The number of ether oxygens (including phenoxy) is 1. The van der Waals surface area contributed by atoms with Gasteiger partial charge < -0.3 is 10.1 Å². The number of rotatable bonds is 8. The summed E-state index contributed by atoms with van der Waals surface area (Å²) in [4.78, 5) is 70.7. The average molecular weight is 491 g/mol. The van der Waals surface area contributed by atoms with Gasteiger partial charge in [0, 0.05) is 24.7 Å². The van der Waals surface area contributed by atoms with E-state index in [1.54, 1.807) is 0 Å². The quantitative estimate of drug-likeness (QED) is 0.252. The highest BCUT2D eigenvalue weighted by Gasteiger charge is 2.41. The maximum Gasteiger partial charge on any atom is 0.308 e. The summed E-state index contributed by atoms with van der Waals surface area (Å²) in [7, 11) is 0. The molecule has 1 aliphatic heterocycles. The summed E-state index contributed by atoms with van der Waals surface area (Å²) >= 11 is 5.92. The molecular weight excluding hydrogens is 476 g/mol. The predicted molar refractivity (Wildman–Crippen MR) is 115 cm³/mol. The van der Waals surface area contributed by atoms with Gasteiger partial charge in [-0.2, -0.15) is 0 Å². The lowest BCUT2D eigenvalue weighted by Gasteiger charge is -2.16. The van der Waals surface area contributed by atoms with Crippen LogP contribution >= 0.6 is 11.6 Å². The molecule has 0 spiro atoms. The molecule has 1 aliphatic rings. The second kappa shape index (κ2) is 9.62. The first-order chi connectivity index (χ1) is 16.0. The Morgan fingerprint density at radius 1 is 1.12 bits per heavy atom. The first kappa shape index (κ1) is 24.3. The van der Waals surface area contributed by atoms with Gasteiger partial charge in [-0.3, -0.25) is 44.3 Å². The van der Waals surface area contributed by atoms with Crippen molar-refractivity contribution < 1.29 is 33.8 Å². The number of carbonyl (C=O) groups is 4. The van der Waals surface area contributed by atoms with Crippen LogP contribution in [0.2, 0.25) is 5.02 Å². The molecule has 34 heavy (non-hydrogen) atoms. The summed E-state index contributed by atoms with van der Waals surface area (Å²) < 4.78 is 4.99. The highest BCUT2D eigenvalue weighted by molar-refractivity contribution is 6.33. The van der Waals surface area contributed by atoms with Crippen molar-refractivity contribution in [3.05, 3.63) is 72.8 Å². The van der Waals surface area contributed by atoms with Gasteiger partial charge in [-0.25, -0.2) is 0 Å². The maximum absolute atomic E-state index is 12.5. The monoisotopic (exact) mass is 490 g/mol. The van der Waals surface area contributed by atoms with E-state index in [0.29, 0.717) is 4.90 Å². The third-order valence-electron chi connectivity index (χ3n) is 4.81. The van der Waals surface area contributed by atoms with Crippen LogP contribution in [-0.2, 0) is 14.3 Å². The number of amides is 3. The van der Waals surface area contributed by atoms with E-state index in [2.05, 4.69) is 5.32 Å². The normalized spacial score (nSPS) is 13.3. The Hall–Kier alpha value is -4.39. The molecule has 1 N–H and O–H groups in total. The molecule has 2 aromatic carbocycles. The number of nitro groups is 2. The van der Waals surface area contributed by atoms with Crippen molar-refractivity contribution in [3.8, 4) is 0 Å². The van der Waals surface area contributed by atoms with Crippen LogP contribution in [0.15, 0.2) is 36.4 Å². The summed E-state index contributed by atoms with van der Waals surface area (Å²) in [6.45, 7) is 0.817. The first-order valence-corrected chi connectivity index (χ1v) is 9.97. The fourth-order valence-electron chi connectivity index (χ4n) is 3.14. The van der Waals surface area contributed by atoms with Crippen LogP contribution in [0.3, 0.4) is 0 Å². The first-order valence-electron chi connectivity index (χ1n) is 9.59. The zero-order valence-corrected chi connectivity index (χ0v) is 18.1. The number of nitro benzene ring substituents is 2.